The van der Waals surface area contributed by atoms with Gasteiger partial charge < -0.3 is 9.84 Å². The van der Waals surface area contributed by atoms with Gasteiger partial charge in [-0.15, -0.1) is 0 Å². The van der Waals surface area contributed by atoms with Crippen LogP contribution in [0.4, 0.5) is 0 Å². The van der Waals surface area contributed by atoms with E-state index in [-0.39, 0.29) is 48.6 Å². The fraction of sp³-hybridized carbons (Fsp3) is 0.484. The Kier molecular flexibility index (Phi) is 6.42. The predicted molar refractivity (Wildman–Crippen MR) is 139 cm³/mol. The second kappa shape index (κ2) is 9.77. The summed E-state index contributed by atoms with van der Waals surface area (Å²) in [7, 11) is 0. The largest absolute Gasteiger partial charge is 0.491 e. The zero-order valence-electron chi connectivity index (χ0n) is 21.7. The topological polar surface area (TPSA) is 101 Å². The molecule has 4 atom stereocenters. The van der Waals surface area contributed by atoms with Crippen molar-refractivity contribution in [1.82, 2.24) is 4.90 Å². The highest BCUT2D eigenvalue weighted by atomic mass is 16.5. The summed E-state index contributed by atoms with van der Waals surface area (Å²) in [5, 5.41) is 9.07. The molecule has 1 saturated heterocycles. The lowest BCUT2D eigenvalue weighted by atomic mass is 9.59. The Morgan fingerprint density at radius 2 is 1.71 bits per heavy atom. The Balaban J connectivity index is 1.41. The van der Waals surface area contributed by atoms with Crippen molar-refractivity contribution < 1.29 is 29.0 Å². The summed E-state index contributed by atoms with van der Waals surface area (Å²) in [6, 6.07) is 7.34. The predicted octanol–water partition coefficient (Wildman–Crippen LogP) is 3.82. The van der Waals surface area contributed by atoms with Crippen LogP contribution >= 0.6 is 0 Å². The van der Waals surface area contributed by atoms with Gasteiger partial charge in [0.1, 0.15) is 12.4 Å². The van der Waals surface area contributed by atoms with Gasteiger partial charge in [-0.25, -0.2) is 0 Å². The number of hydrogen-bond acceptors (Lipinski definition) is 6. The maximum absolute atomic E-state index is 13.9. The SMILES string of the molecule is CC1=CC(=O)C2=C(C[C@@H]3C(=CC[C@@H]4C(=O)N(C5CCCCC5)C(=O)[C@@H]43)[C@@H]2c2ccc(OCCO)cc2)C1=O. The number of aliphatic hydroxyl groups is 1. The van der Waals surface area contributed by atoms with Gasteiger partial charge in [0.25, 0.3) is 0 Å². The van der Waals surface area contributed by atoms with Gasteiger partial charge in [-0.2, -0.15) is 0 Å². The van der Waals surface area contributed by atoms with E-state index in [9.17, 15) is 19.2 Å². The van der Waals surface area contributed by atoms with Crippen LogP contribution in [0.3, 0.4) is 0 Å². The second-order valence-corrected chi connectivity index (χ2v) is 11.2. The molecule has 1 aromatic rings. The third kappa shape index (κ3) is 3.90. The van der Waals surface area contributed by atoms with Crippen LogP contribution in [0, 0.1) is 17.8 Å². The Morgan fingerprint density at radius 3 is 2.42 bits per heavy atom. The zero-order valence-corrected chi connectivity index (χ0v) is 21.7. The lowest BCUT2D eigenvalue weighted by molar-refractivity contribution is -0.143. The quantitative estimate of drug-likeness (QED) is 0.364. The smallest absolute Gasteiger partial charge is 0.233 e. The maximum atomic E-state index is 13.9. The molecule has 2 fully saturated rings. The summed E-state index contributed by atoms with van der Waals surface area (Å²) < 4.78 is 5.52. The molecule has 38 heavy (non-hydrogen) atoms. The molecular formula is C31H33NO6. The number of likely N-dealkylation sites (tertiary alicyclic amines) is 1. The molecular weight excluding hydrogens is 482 g/mol. The highest BCUT2D eigenvalue weighted by Gasteiger charge is 2.57. The molecule has 7 heteroatoms. The van der Waals surface area contributed by atoms with Crippen molar-refractivity contribution in [3.05, 3.63) is 64.3 Å². The van der Waals surface area contributed by atoms with Crippen LogP contribution in [-0.2, 0) is 19.2 Å². The molecule has 5 aliphatic rings. The van der Waals surface area contributed by atoms with E-state index in [1.807, 2.05) is 12.1 Å². The third-order valence-electron chi connectivity index (χ3n) is 9.11. The van der Waals surface area contributed by atoms with E-state index in [2.05, 4.69) is 6.08 Å². The van der Waals surface area contributed by atoms with Crippen molar-refractivity contribution in [2.45, 2.75) is 63.8 Å². The van der Waals surface area contributed by atoms with E-state index in [0.29, 0.717) is 35.3 Å². The Labute approximate surface area is 222 Å². The Bertz CT molecular complexity index is 1300. The summed E-state index contributed by atoms with van der Waals surface area (Å²) >= 11 is 0. The minimum atomic E-state index is -0.498. The van der Waals surface area contributed by atoms with E-state index >= 15 is 0 Å². The van der Waals surface area contributed by atoms with Gasteiger partial charge in [0, 0.05) is 28.7 Å². The Hall–Kier alpha value is -3.32. The first-order chi connectivity index (χ1) is 18.4. The van der Waals surface area contributed by atoms with Crippen molar-refractivity contribution >= 4 is 23.4 Å². The number of fused-ring (bicyclic) bond motifs is 3. The normalized spacial score (nSPS) is 29.6. The molecule has 1 saturated carbocycles. The van der Waals surface area contributed by atoms with E-state index in [1.54, 1.807) is 24.0 Å². The highest BCUT2D eigenvalue weighted by molar-refractivity contribution is 6.23. The van der Waals surface area contributed by atoms with Crippen molar-refractivity contribution in [3.63, 3.8) is 0 Å². The highest BCUT2D eigenvalue weighted by Crippen LogP contribution is 2.55. The number of ether oxygens (including phenoxy) is 1. The summed E-state index contributed by atoms with van der Waals surface area (Å²) in [6.07, 6.45) is 9.19. The first kappa shape index (κ1) is 25.0. The van der Waals surface area contributed by atoms with Crippen molar-refractivity contribution in [2.75, 3.05) is 13.2 Å². The van der Waals surface area contributed by atoms with Crippen molar-refractivity contribution in [3.8, 4) is 5.75 Å². The van der Waals surface area contributed by atoms with Crippen LogP contribution in [0.15, 0.2) is 58.7 Å². The maximum Gasteiger partial charge on any atom is 0.233 e. The van der Waals surface area contributed by atoms with E-state index in [4.69, 9.17) is 9.84 Å². The van der Waals surface area contributed by atoms with Gasteiger partial charge in [0.15, 0.2) is 11.6 Å². The average molecular weight is 516 g/mol. The van der Waals surface area contributed by atoms with Crippen LogP contribution in [0.1, 0.15) is 63.4 Å². The van der Waals surface area contributed by atoms with Crippen molar-refractivity contribution in [2.24, 2.45) is 17.8 Å². The van der Waals surface area contributed by atoms with Gasteiger partial charge in [-0.3, -0.25) is 24.1 Å². The van der Waals surface area contributed by atoms with Gasteiger partial charge in [0.05, 0.1) is 18.4 Å². The number of Topliss-reactive ketones (excluding diaryl/α,β-unsaturated/α-hetero) is 1. The number of benzene rings is 1. The first-order valence-corrected chi connectivity index (χ1v) is 13.8. The molecule has 1 heterocycles. The van der Waals surface area contributed by atoms with Crippen LogP contribution in [0.5, 0.6) is 5.75 Å². The minimum Gasteiger partial charge on any atom is -0.491 e. The lowest BCUT2D eigenvalue weighted by Gasteiger charge is -2.42. The molecule has 0 radical (unpaired) electrons. The van der Waals surface area contributed by atoms with Gasteiger partial charge in [-0.1, -0.05) is 43.0 Å². The summed E-state index contributed by atoms with van der Waals surface area (Å²) in [5.74, 6) is -1.52. The molecule has 1 N–H and O–H groups in total. The zero-order chi connectivity index (χ0) is 26.6. The molecule has 0 bridgehead atoms. The number of rotatable bonds is 5. The van der Waals surface area contributed by atoms with E-state index < -0.39 is 17.8 Å². The van der Waals surface area contributed by atoms with Crippen LogP contribution in [-0.4, -0.2) is 52.6 Å². The van der Waals surface area contributed by atoms with Crippen LogP contribution in [0.25, 0.3) is 0 Å². The van der Waals surface area contributed by atoms with Gasteiger partial charge in [0.2, 0.25) is 11.8 Å². The van der Waals surface area contributed by atoms with Crippen LogP contribution in [0.2, 0.25) is 0 Å². The lowest BCUT2D eigenvalue weighted by Crippen LogP contribution is -2.43. The minimum absolute atomic E-state index is 0.0264. The Morgan fingerprint density at radius 1 is 0.974 bits per heavy atom. The number of hydrogen-bond donors (Lipinski definition) is 1. The van der Waals surface area contributed by atoms with Gasteiger partial charge in [-0.05, 0) is 62.3 Å². The summed E-state index contributed by atoms with van der Waals surface area (Å²) in [4.78, 5) is 55.8. The molecule has 0 spiro atoms. The molecule has 4 aliphatic carbocycles. The molecule has 1 aromatic carbocycles. The number of aliphatic hydroxyl groups excluding tert-OH is 1. The molecule has 2 amide bonds. The number of carbonyl (C=O) groups is 4. The molecule has 198 valence electrons. The standard InChI is InChI=1S/C31H33NO6/c1-17-15-25(34)28-24(29(17)35)16-23-21(26(28)18-7-9-20(10-8-18)38-14-13-33)11-12-22-27(23)31(37)32(30(22)36)19-5-3-2-4-6-19/h7-11,15,19,22-23,26-27,33H,2-6,12-14,16H2,1H3/t22-,23+,26-,27-/m0/s1. The fourth-order valence-corrected chi connectivity index (χ4v) is 7.40. The number of nitrogens with zero attached hydrogens (tertiary/aromatic N) is 1. The number of carbonyl (C=O) groups excluding carboxylic acids is 4. The molecule has 6 rings (SSSR count). The third-order valence-corrected chi connectivity index (χ3v) is 9.11. The molecule has 0 aromatic heterocycles. The fourth-order valence-electron chi connectivity index (χ4n) is 7.40. The summed E-state index contributed by atoms with van der Waals surface area (Å²) in [6.45, 7) is 1.75. The number of amides is 2. The number of imide groups is 1. The van der Waals surface area contributed by atoms with E-state index in [1.165, 1.54) is 6.08 Å². The number of allylic oxidation sites excluding steroid dienone is 6. The average Bonchev–Trinajstić information content (AvgIpc) is 3.19. The molecule has 7 nitrogen and oxygen atoms in total. The monoisotopic (exact) mass is 515 g/mol. The van der Waals surface area contributed by atoms with Crippen molar-refractivity contribution in [1.29, 1.82) is 0 Å². The first-order valence-electron chi connectivity index (χ1n) is 13.8. The van der Waals surface area contributed by atoms with E-state index in [0.717, 1.165) is 43.2 Å². The number of ketones is 2. The summed E-state index contributed by atoms with van der Waals surface area (Å²) in [5.41, 5.74) is 3.21. The molecule has 1 aliphatic heterocycles. The second-order valence-electron chi connectivity index (χ2n) is 11.2. The molecule has 0 unspecified atom stereocenters. The van der Waals surface area contributed by atoms with Gasteiger partial charge >= 0.3 is 0 Å². The van der Waals surface area contributed by atoms with Crippen LogP contribution < -0.4 is 4.74 Å².